The topological polar surface area (TPSA) is 57.0 Å². The first-order valence-electron chi connectivity index (χ1n) is 3.54. The van der Waals surface area contributed by atoms with Crippen LogP contribution in [0.25, 0.3) is 0 Å². The van der Waals surface area contributed by atoms with E-state index >= 15 is 0 Å². The van der Waals surface area contributed by atoms with Crippen molar-refractivity contribution in [1.29, 1.82) is 0 Å². The zero-order valence-corrected chi connectivity index (χ0v) is 5.40. The lowest BCUT2D eigenvalue weighted by molar-refractivity contribution is -0.0814. The Morgan fingerprint density at radius 2 is 2.10 bits per heavy atom. The van der Waals surface area contributed by atoms with Crippen LogP contribution in [-0.2, 0) is 14.2 Å². The summed E-state index contributed by atoms with van der Waals surface area (Å²) in [6.07, 6.45) is 0.309. The van der Waals surface area contributed by atoms with Crippen molar-refractivity contribution in [2.75, 3.05) is 6.61 Å². The average Bonchev–Trinajstić information content (AvgIpc) is 2.61. The van der Waals surface area contributed by atoms with Crippen molar-refractivity contribution in [3.8, 4) is 0 Å². The van der Waals surface area contributed by atoms with Crippen molar-refractivity contribution >= 4 is 0 Å². The van der Waals surface area contributed by atoms with Gasteiger partial charge in [0.15, 0.2) is 6.29 Å². The summed E-state index contributed by atoms with van der Waals surface area (Å²) in [5.74, 6) is 0. The number of epoxide rings is 1. The van der Waals surface area contributed by atoms with Crippen molar-refractivity contribution in [2.24, 2.45) is 5.73 Å². The number of hydrogen-bond donors (Lipinski definition) is 1. The van der Waals surface area contributed by atoms with Gasteiger partial charge in [-0.2, -0.15) is 0 Å². The zero-order chi connectivity index (χ0) is 6.72. The predicted octanol–water partition coefficient (Wildman–Crippen LogP) is -1.16. The fraction of sp³-hybridized carbons (Fsp3) is 1.00. The van der Waals surface area contributed by atoms with Crippen LogP contribution in [0, 0.1) is 0 Å². The molecule has 3 saturated heterocycles. The molecule has 10 heavy (non-hydrogen) atoms. The van der Waals surface area contributed by atoms with Gasteiger partial charge >= 0.3 is 0 Å². The van der Waals surface area contributed by atoms with E-state index in [0.717, 1.165) is 0 Å². The van der Waals surface area contributed by atoms with Crippen molar-refractivity contribution in [3.05, 3.63) is 0 Å². The molecule has 0 radical (unpaired) electrons. The Hall–Kier alpha value is -0.160. The Morgan fingerprint density at radius 1 is 1.20 bits per heavy atom. The highest BCUT2D eigenvalue weighted by atomic mass is 16.8. The lowest BCUT2D eigenvalue weighted by atomic mass is 10.1. The standard InChI is InChI=1S/C6H9NO3/c7-3-2-1-8-6(9-2)5-4(3)10-5/h2-6H,1,7H2/t2-,3-,4+,5+,6-/m1/s1. The SMILES string of the molecule is N[C@H]1[C@@H]2O[C@@H]2[C@@H]2OC[C@H]1O2. The molecule has 0 spiro atoms. The van der Waals surface area contributed by atoms with Crippen LogP contribution in [0.3, 0.4) is 0 Å². The van der Waals surface area contributed by atoms with Crippen LogP contribution in [-0.4, -0.2) is 37.3 Å². The summed E-state index contributed by atoms with van der Waals surface area (Å²) >= 11 is 0. The van der Waals surface area contributed by atoms with Gasteiger partial charge in [-0.25, -0.2) is 0 Å². The van der Waals surface area contributed by atoms with E-state index in [1.807, 2.05) is 0 Å². The molecule has 3 heterocycles. The van der Waals surface area contributed by atoms with E-state index < -0.39 is 0 Å². The third-order valence-electron chi connectivity index (χ3n) is 2.37. The molecule has 5 atom stereocenters. The van der Waals surface area contributed by atoms with Gasteiger partial charge in [-0.1, -0.05) is 0 Å². The Morgan fingerprint density at radius 3 is 3.00 bits per heavy atom. The summed E-state index contributed by atoms with van der Waals surface area (Å²) in [7, 11) is 0. The van der Waals surface area contributed by atoms with Gasteiger partial charge in [-0.05, 0) is 0 Å². The second kappa shape index (κ2) is 1.53. The van der Waals surface area contributed by atoms with E-state index in [-0.39, 0.29) is 30.6 Å². The number of nitrogens with two attached hydrogens (primary N) is 1. The van der Waals surface area contributed by atoms with Gasteiger partial charge in [0.1, 0.15) is 18.3 Å². The minimum atomic E-state index is -0.116. The molecule has 4 nitrogen and oxygen atoms in total. The van der Waals surface area contributed by atoms with Crippen molar-refractivity contribution < 1.29 is 14.2 Å². The Balaban J connectivity index is 1.91. The van der Waals surface area contributed by atoms with Gasteiger partial charge in [-0.15, -0.1) is 0 Å². The van der Waals surface area contributed by atoms with Crippen molar-refractivity contribution in [3.63, 3.8) is 0 Å². The van der Waals surface area contributed by atoms with E-state index in [2.05, 4.69) is 0 Å². The van der Waals surface area contributed by atoms with Gasteiger partial charge in [0.05, 0.1) is 12.6 Å². The first-order chi connectivity index (χ1) is 4.86. The molecule has 0 aromatic heterocycles. The van der Waals surface area contributed by atoms with E-state index in [4.69, 9.17) is 19.9 Å². The quantitative estimate of drug-likeness (QED) is 0.434. The molecule has 3 fully saturated rings. The maximum atomic E-state index is 5.77. The number of rotatable bonds is 0. The smallest absolute Gasteiger partial charge is 0.186 e. The number of ether oxygens (including phenoxy) is 3. The molecule has 4 heteroatoms. The van der Waals surface area contributed by atoms with Crippen LogP contribution in [0.5, 0.6) is 0 Å². The molecule has 0 aromatic carbocycles. The summed E-state index contributed by atoms with van der Waals surface area (Å²) in [5, 5.41) is 0. The van der Waals surface area contributed by atoms with E-state index in [1.165, 1.54) is 0 Å². The highest BCUT2D eigenvalue weighted by Gasteiger charge is 2.60. The molecule has 3 aliphatic rings. The summed E-state index contributed by atoms with van der Waals surface area (Å²) in [4.78, 5) is 0. The molecular weight excluding hydrogens is 134 g/mol. The Bertz CT molecular complexity index is 172. The monoisotopic (exact) mass is 143 g/mol. The maximum absolute atomic E-state index is 5.77. The second-order valence-corrected chi connectivity index (χ2v) is 3.02. The van der Waals surface area contributed by atoms with E-state index in [1.54, 1.807) is 0 Å². The van der Waals surface area contributed by atoms with Crippen LogP contribution >= 0.6 is 0 Å². The minimum Gasteiger partial charge on any atom is -0.362 e. The van der Waals surface area contributed by atoms with Gasteiger partial charge < -0.3 is 19.9 Å². The molecule has 2 bridgehead atoms. The lowest BCUT2D eigenvalue weighted by Crippen LogP contribution is -2.45. The first kappa shape index (κ1) is 5.49. The molecule has 0 amide bonds. The van der Waals surface area contributed by atoms with Crippen molar-refractivity contribution in [1.82, 2.24) is 0 Å². The highest BCUT2D eigenvalue weighted by molar-refractivity contribution is 5.05. The third kappa shape index (κ3) is 0.509. The molecule has 56 valence electrons. The molecule has 0 unspecified atom stereocenters. The fourth-order valence-corrected chi connectivity index (χ4v) is 1.69. The van der Waals surface area contributed by atoms with Crippen molar-refractivity contribution in [2.45, 2.75) is 30.6 Å². The molecule has 0 aliphatic carbocycles. The largest absolute Gasteiger partial charge is 0.362 e. The summed E-state index contributed by atoms with van der Waals surface area (Å²) < 4.78 is 15.9. The Labute approximate surface area is 58.2 Å². The second-order valence-electron chi connectivity index (χ2n) is 3.02. The average molecular weight is 143 g/mol. The lowest BCUT2D eigenvalue weighted by Gasteiger charge is -2.19. The van der Waals surface area contributed by atoms with Crippen LogP contribution in [0.4, 0.5) is 0 Å². The van der Waals surface area contributed by atoms with Gasteiger partial charge in [0, 0.05) is 0 Å². The molecule has 0 saturated carbocycles. The molecule has 3 aliphatic heterocycles. The molecule has 0 aromatic rings. The third-order valence-corrected chi connectivity index (χ3v) is 2.37. The minimum absolute atomic E-state index is 0.0312. The van der Waals surface area contributed by atoms with Gasteiger partial charge in [0.2, 0.25) is 0 Å². The maximum Gasteiger partial charge on any atom is 0.186 e. The fourth-order valence-electron chi connectivity index (χ4n) is 1.69. The molecule has 3 rings (SSSR count). The van der Waals surface area contributed by atoms with Crippen LogP contribution in [0.1, 0.15) is 0 Å². The zero-order valence-electron chi connectivity index (χ0n) is 5.40. The molecule has 2 N–H and O–H groups in total. The molecular formula is C6H9NO3. The summed E-state index contributed by atoms with van der Waals surface area (Å²) in [6, 6.07) is 0.0312. The van der Waals surface area contributed by atoms with Gasteiger partial charge in [-0.3, -0.25) is 0 Å². The first-order valence-corrected chi connectivity index (χ1v) is 3.54. The summed E-state index contributed by atoms with van der Waals surface area (Å²) in [5.41, 5.74) is 5.77. The number of hydrogen-bond acceptors (Lipinski definition) is 4. The van der Waals surface area contributed by atoms with E-state index in [9.17, 15) is 0 Å². The predicted molar refractivity (Wildman–Crippen MR) is 31.2 cm³/mol. The highest BCUT2D eigenvalue weighted by Crippen LogP contribution is 2.40. The normalized spacial score (nSPS) is 63.9. The van der Waals surface area contributed by atoms with Gasteiger partial charge in [0.25, 0.3) is 0 Å². The van der Waals surface area contributed by atoms with Crippen LogP contribution in [0.2, 0.25) is 0 Å². The van der Waals surface area contributed by atoms with Crippen LogP contribution in [0.15, 0.2) is 0 Å². The van der Waals surface area contributed by atoms with E-state index in [0.29, 0.717) is 6.61 Å². The Kier molecular flexibility index (Phi) is 0.840. The summed E-state index contributed by atoms with van der Waals surface area (Å²) in [6.45, 7) is 0.641. The van der Waals surface area contributed by atoms with Crippen LogP contribution < -0.4 is 5.73 Å². The number of fused-ring (bicyclic) bond motifs is 4.